The fourth-order valence-corrected chi connectivity index (χ4v) is 8.58. The Morgan fingerprint density at radius 3 is 1.37 bits per heavy atom. The van der Waals surface area contributed by atoms with Crippen LogP contribution in [-0.2, 0) is 42.9 Å². The summed E-state index contributed by atoms with van der Waals surface area (Å²) in [4.78, 5) is 51.0. The molecule has 0 aromatic carbocycles. The van der Waals surface area contributed by atoms with Crippen molar-refractivity contribution < 1.29 is 58.2 Å². The maximum Gasteiger partial charge on any atom is 0.335 e. The SMILES string of the molecule is CC/C=C\C/C=C\C/C=C\C/C=C\CCCCCCCCC(=O)OCC(COC1OC(C(=O)O)C(O)C(O)C1OC(=O)CCCCCCCCCCCCCCC)OC(=O)CCCCCCC/C=C\CCCC. The van der Waals surface area contributed by atoms with Gasteiger partial charge in [-0.15, -0.1) is 0 Å². The van der Waals surface area contributed by atoms with Gasteiger partial charge in [0, 0.05) is 19.3 Å². The maximum absolute atomic E-state index is 13.1. The summed E-state index contributed by atoms with van der Waals surface area (Å²) in [6.45, 7) is 5.82. The van der Waals surface area contributed by atoms with Gasteiger partial charge in [-0.2, -0.15) is 0 Å². The van der Waals surface area contributed by atoms with E-state index in [1.807, 2.05) is 0 Å². The molecule has 1 aliphatic rings. The highest BCUT2D eigenvalue weighted by Gasteiger charge is 2.50. The normalized spacial score (nSPS) is 18.7. The Morgan fingerprint density at radius 1 is 0.466 bits per heavy atom. The third kappa shape index (κ3) is 39.5. The van der Waals surface area contributed by atoms with Crippen molar-refractivity contribution in [3.63, 3.8) is 0 Å². The summed E-state index contributed by atoms with van der Waals surface area (Å²) in [5.41, 5.74) is 0. The molecule has 6 unspecified atom stereocenters. The fourth-order valence-electron chi connectivity index (χ4n) is 8.58. The average molecular weight is 1030 g/mol. The second-order valence-corrected chi connectivity index (χ2v) is 19.9. The maximum atomic E-state index is 13.1. The molecule has 1 heterocycles. The number of carboxylic acid groups (broad SMARTS) is 1. The topological polar surface area (TPSA) is 175 Å². The smallest absolute Gasteiger partial charge is 0.335 e. The molecule has 3 N–H and O–H groups in total. The number of hydrogen-bond acceptors (Lipinski definition) is 11. The lowest BCUT2D eigenvalue weighted by atomic mass is 9.98. The van der Waals surface area contributed by atoms with Crippen molar-refractivity contribution in [1.29, 1.82) is 0 Å². The van der Waals surface area contributed by atoms with E-state index in [1.165, 1.54) is 64.2 Å². The highest BCUT2D eigenvalue weighted by atomic mass is 16.7. The zero-order valence-electron chi connectivity index (χ0n) is 46.1. The lowest BCUT2D eigenvalue weighted by Crippen LogP contribution is -2.61. The van der Waals surface area contributed by atoms with Crippen LogP contribution in [0, 0.1) is 0 Å². The second-order valence-electron chi connectivity index (χ2n) is 19.9. The van der Waals surface area contributed by atoms with Crippen molar-refractivity contribution in [2.45, 2.75) is 289 Å². The number of carboxylic acids is 1. The number of rotatable bonds is 49. The van der Waals surface area contributed by atoms with Crippen LogP contribution in [0.25, 0.3) is 0 Å². The monoisotopic (exact) mass is 1030 g/mol. The number of hydrogen-bond donors (Lipinski definition) is 3. The van der Waals surface area contributed by atoms with E-state index in [4.69, 9.17) is 23.7 Å². The Morgan fingerprint density at radius 2 is 0.877 bits per heavy atom. The summed E-state index contributed by atoms with van der Waals surface area (Å²) in [5.74, 6) is -3.14. The first-order chi connectivity index (χ1) is 35.6. The number of carbonyl (C=O) groups is 4. The number of esters is 3. The summed E-state index contributed by atoms with van der Waals surface area (Å²) >= 11 is 0. The second kappa shape index (κ2) is 49.3. The van der Waals surface area contributed by atoms with Crippen LogP contribution in [0.3, 0.4) is 0 Å². The van der Waals surface area contributed by atoms with Crippen molar-refractivity contribution in [2.75, 3.05) is 13.2 Å². The molecule has 1 aliphatic heterocycles. The predicted molar refractivity (Wildman–Crippen MR) is 294 cm³/mol. The first-order valence-corrected chi connectivity index (χ1v) is 29.3. The fraction of sp³-hybridized carbons (Fsp3) is 0.770. The molecule has 0 radical (unpaired) electrons. The van der Waals surface area contributed by atoms with E-state index in [9.17, 15) is 34.5 Å². The Bertz CT molecular complexity index is 1500. The van der Waals surface area contributed by atoms with Crippen LogP contribution in [0.15, 0.2) is 60.8 Å². The highest BCUT2D eigenvalue weighted by molar-refractivity contribution is 5.74. The van der Waals surface area contributed by atoms with E-state index >= 15 is 0 Å². The minimum atomic E-state index is -1.90. The summed E-state index contributed by atoms with van der Waals surface area (Å²) in [6.07, 6.45) is 47.7. The van der Waals surface area contributed by atoms with Crippen LogP contribution in [0.5, 0.6) is 0 Å². The molecular weight excluding hydrogens is 925 g/mol. The summed E-state index contributed by atoms with van der Waals surface area (Å²) in [5, 5.41) is 31.4. The minimum Gasteiger partial charge on any atom is -0.479 e. The molecule has 1 rings (SSSR count). The van der Waals surface area contributed by atoms with Gasteiger partial charge in [0.1, 0.15) is 18.8 Å². The molecule has 1 saturated heterocycles. The lowest BCUT2D eigenvalue weighted by molar-refractivity contribution is -0.301. The van der Waals surface area contributed by atoms with Gasteiger partial charge in [-0.3, -0.25) is 14.4 Å². The van der Waals surface area contributed by atoms with Crippen molar-refractivity contribution in [3.05, 3.63) is 60.8 Å². The average Bonchev–Trinajstić information content (AvgIpc) is 3.37. The first kappa shape index (κ1) is 67.4. The van der Waals surface area contributed by atoms with Crippen molar-refractivity contribution in [3.8, 4) is 0 Å². The van der Waals surface area contributed by atoms with E-state index in [0.29, 0.717) is 19.3 Å². The van der Waals surface area contributed by atoms with E-state index in [0.717, 1.165) is 128 Å². The van der Waals surface area contributed by atoms with E-state index in [1.54, 1.807) is 0 Å². The van der Waals surface area contributed by atoms with Crippen LogP contribution < -0.4 is 0 Å². The molecule has 12 heteroatoms. The highest BCUT2D eigenvalue weighted by Crippen LogP contribution is 2.26. The standard InChI is InChI=1S/C61H104O12/c1-4-7-10-13-16-19-22-24-25-26-27-28-29-31-33-35-38-41-44-47-53(62)69-50-52(71-54(63)48-45-42-39-36-32-21-18-15-12-9-6-3)51-70-61-59(57(66)56(65)58(73-61)60(67)68)72-55(64)49-46-43-40-37-34-30-23-20-17-14-11-8-5-2/h7,10,15-16,18-19,24-25,27-28,52,56-59,61,65-66H,4-6,8-9,11-14,17,20-23,26,29-51H2,1-3H3,(H,67,68)/b10-7-,18-15-,19-16-,25-24-,28-27-. The van der Waals surface area contributed by atoms with Gasteiger partial charge in [-0.25, -0.2) is 4.79 Å². The molecule has 0 aromatic heterocycles. The van der Waals surface area contributed by atoms with Crippen LogP contribution in [0.4, 0.5) is 0 Å². The zero-order chi connectivity index (χ0) is 53.3. The number of aliphatic carboxylic acids is 1. The summed E-state index contributed by atoms with van der Waals surface area (Å²) < 4.78 is 28.4. The summed E-state index contributed by atoms with van der Waals surface area (Å²) in [6, 6.07) is 0. The molecule has 0 bridgehead atoms. The van der Waals surface area contributed by atoms with Gasteiger partial charge in [0.05, 0.1) is 6.61 Å². The Kier molecular flexibility index (Phi) is 45.5. The molecule has 0 saturated carbocycles. The number of aliphatic hydroxyl groups excluding tert-OH is 2. The summed E-state index contributed by atoms with van der Waals surface area (Å²) in [7, 11) is 0. The quantitative estimate of drug-likeness (QED) is 0.0228. The van der Waals surface area contributed by atoms with Crippen LogP contribution in [0.2, 0.25) is 0 Å². The number of aliphatic hydroxyl groups is 2. The minimum absolute atomic E-state index is 0.0606. The van der Waals surface area contributed by atoms with Crippen molar-refractivity contribution in [1.82, 2.24) is 0 Å². The van der Waals surface area contributed by atoms with Crippen LogP contribution in [-0.4, -0.2) is 89.2 Å². The Labute approximate surface area is 443 Å². The van der Waals surface area contributed by atoms with Gasteiger partial charge >= 0.3 is 23.9 Å². The Balaban J connectivity index is 2.67. The molecule has 0 amide bonds. The molecule has 420 valence electrons. The van der Waals surface area contributed by atoms with E-state index in [-0.39, 0.29) is 25.9 Å². The van der Waals surface area contributed by atoms with Gasteiger partial charge in [-0.05, 0) is 77.0 Å². The van der Waals surface area contributed by atoms with Crippen molar-refractivity contribution in [2.24, 2.45) is 0 Å². The lowest BCUT2D eigenvalue weighted by Gasteiger charge is -2.40. The van der Waals surface area contributed by atoms with E-state index < -0.39 is 67.3 Å². The van der Waals surface area contributed by atoms with Crippen molar-refractivity contribution >= 4 is 23.9 Å². The first-order valence-electron chi connectivity index (χ1n) is 29.3. The number of ether oxygens (including phenoxy) is 5. The Hall–Kier alpha value is -3.58. The molecule has 73 heavy (non-hydrogen) atoms. The molecule has 1 fully saturated rings. The largest absolute Gasteiger partial charge is 0.479 e. The third-order valence-electron chi connectivity index (χ3n) is 13.1. The van der Waals surface area contributed by atoms with Gasteiger partial charge in [0.15, 0.2) is 24.6 Å². The van der Waals surface area contributed by atoms with Gasteiger partial charge < -0.3 is 39.0 Å². The number of unbranched alkanes of at least 4 members (excludes halogenated alkanes) is 25. The van der Waals surface area contributed by atoms with Gasteiger partial charge in [-0.1, -0.05) is 216 Å². The van der Waals surface area contributed by atoms with E-state index in [2.05, 4.69) is 81.5 Å². The zero-order valence-corrected chi connectivity index (χ0v) is 46.1. The van der Waals surface area contributed by atoms with Gasteiger partial charge in [0.2, 0.25) is 0 Å². The van der Waals surface area contributed by atoms with Crippen LogP contribution in [0.1, 0.15) is 252 Å². The molecular formula is C61H104O12. The molecule has 6 atom stereocenters. The molecule has 0 spiro atoms. The number of carbonyl (C=O) groups excluding carboxylic acids is 3. The van der Waals surface area contributed by atoms with Crippen LogP contribution >= 0.6 is 0 Å². The molecule has 0 aliphatic carbocycles. The van der Waals surface area contributed by atoms with Gasteiger partial charge in [0.25, 0.3) is 0 Å². The predicted octanol–water partition coefficient (Wildman–Crippen LogP) is 14.8. The number of allylic oxidation sites excluding steroid dienone is 10. The third-order valence-corrected chi connectivity index (χ3v) is 13.1. The molecule has 12 nitrogen and oxygen atoms in total. The molecule has 0 aromatic rings.